The Labute approximate surface area is 220 Å². The molecule has 0 saturated carbocycles. The normalized spacial score (nSPS) is 15.8. The molecule has 1 unspecified atom stereocenters. The first kappa shape index (κ1) is 26.0. The van der Waals surface area contributed by atoms with Crippen molar-refractivity contribution in [1.82, 2.24) is 20.3 Å². The number of alkyl halides is 3. The van der Waals surface area contributed by atoms with Crippen LogP contribution < -0.4 is 5.32 Å². The number of aromatic nitrogens is 3. The highest BCUT2D eigenvalue weighted by atomic mass is 19.4. The number of benzene rings is 1. The van der Waals surface area contributed by atoms with E-state index in [1.54, 1.807) is 31.3 Å². The Morgan fingerprint density at radius 3 is 2.49 bits per heavy atom. The van der Waals surface area contributed by atoms with E-state index in [1.165, 1.54) is 30.5 Å². The van der Waals surface area contributed by atoms with Crippen molar-refractivity contribution in [3.8, 4) is 11.3 Å². The minimum Gasteiger partial charge on any atom is -0.385 e. The van der Waals surface area contributed by atoms with Crippen molar-refractivity contribution in [2.45, 2.75) is 31.7 Å². The van der Waals surface area contributed by atoms with Crippen molar-refractivity contribution in [3.05, 3.63) is 113 Å². The van der Waals surface area contributed by atoms with Gasteiger partial charge in [-0.25, -0.2) is 4.39 Å². The first-order chi connectivity index (χ1) is 18.7. The van der Waals surface area contributed by atoms with Crippen molar-refractivity contribution in [2.75, 3.05) is 0 Å². The van der Waals surface area contributed by atoms with Crippen molar-refractivity contribution in [2.24, 2.45) is 5.16 Å². The van der Waals surface area contributed by atoms with Gasteiger partial charge in [-0.15, -0.1) is 0 Å². The van der Waals surface area contributed by atoms with Gasteiger partial charge in [0.1, 0.15) is 17.2 Å². The lowest BCUT2D eigenvalue weighted by Gasteiger charge is -2.16. The van der Waals surface area contributed by atoms with Gasteiger partial charge >= 0.3 is 6.18 Å². The summed E-state index contributed by atoms with van der Waals surface area (Å²) in [6.07, 6.45) is -0.443. The van der Waals surface area contributed by atoms with Crippen LogP contribution in [0.25, 0.3) is 11.3 Å². The molecule has 0 aliphatic carbocycles. The fourth-order valence-corrected chi connectivity index (χ4v) is 4.13. The SMILES string of the molecule is C[C@@H](NC(=O)c1cc(C2=NOC(c3ccccn3)C2)cc(-c2ncccc2F)c1)c1ccc(C(F)(F)F)nc1. The highest BCUT2D eigenvalue weighted by Crippen LogP contribution is 2.31. The highest BCUT2D eigenvalue weighted by Gasteiger charge is 2.32. The first-order valence-electron chi connectivity index (χ1n) is 11.9. The molecule has 0 fully saturated rings. The van der Waals surface area contributed by atoms with Crippen LogP contribution in [0.1, 0.15) is 58.4 Å². The molecule has 4 aromatic rings. The average molecular weight is 536 g/mol. The lowest BCUT2D eigenvalue weighted by Crippen LogP contribution is -2.27. The summed E-state index contributed by atoms with van der Waals surface area (Å²) >= 11 is 0. The molecule has 39 heavy (non-hydrogen) atoms. The average Bonchev–Trinajstić information content (AvgIpc) is 3.44. The zero-order chi connectivity index (χ0) is 27.6. The minimum absolute atomic E-state index is 0.0502. The molecule has 1 aromatic carbocycles. The fourth-order valence-electron chi connectivity index (χ4n) is 4.13. The van der Waals surface area contributed by atoms with E-state index in [9.17, 15) is 22.4 Å². The molecule has 1 N–H and O–H groups in total. The second-order valence-corrected chi connectivity index (χ2v) is 8.89. The molecule has 1 aliphatic rings. The van der Waals surface area contributed by atoms with Gasteiger partial charge in [0.2, 0.25) is 0 Å². The van der Waals surface area contributed by atoms with E-state index in [1.807, 2.05) is 12.1 Å². The Morgan fingerprint density at radius 2 is 1.79 bits per heavy atom. The summed E-state index contributed by atoms with van der Waals surface area (Å²) in [6, 6.07) is 14.4. The van der Waals surface area contributed by atoms with Crippen molar-refractivity contribution in [1.29, 1.82) is 0 Å². The van der Waals surface area contributed by atoms with Gasteiger partial charge in [-0.05, 0) is 61.0 Å². The lowest BCUT2D eigenvalue weighted by atomic mass is 9.96. The smallest absolute Gasteiger partial charge is 0.385 e. The van der Waals surface area contributed by atoms with Gasteiger partial charge in [-0.3, -0.25) is 19.7 Å². The van der Waals surface area contributed by atoms with Crippen LogP contribution >= 0.6 is 0 Å². The molecular weight excluding hydrogens is 514 g/mol. The molecule has 0 radical (unpaired) electrons. The molecule has 2 atom stereocenters. The summed E-state index contributed by atoms with van der Waals surface area (Å²) < 4.78 is 53.2. The maximum Gasteiger partial charge on any atom is 0.433 e. The number of nitrogens with one attached hydrogen (secondary N) is 1. The minimum atomic E-state index is -4.56. The Bertz CT molecular complexity index is 1530. The molecular formula is C28H21F4N5O2. The van der Waals surface area contributed by atoms with Crippen LogP contribution in [0.2, 0.25) is 0 Å². The van der Waals surface area contributed by atoms with E-state index in [4.69, 9.17) is 4.84 Å². The summed E-state index contributed by atoms with van der Waals surface area (Å²) in [5.74, 6) is -1.09. The van der Waals surface area contributed by atoms with E-state index in [2.05, 4.69) is 25.4 Å². The molecule has 3 aromatic heterocycles. The van der Waals surface area contributed by atoms with Gasteiger partial charge in [-0.1, -0.05) is 17.3 Å². The molecule has 1 aliphatic heterocycles. The summed E-state index contributed by atoms with van der Waals surface area (Å²) in [5.41, 5.74) is 1.71. The Balaban J connectivity index is 1.43. The number of halogens is 4. The zero-order valence-corrected chi connectivity index (χ0v) is 20.5. The Hall–Kier alpha value is -4.67. The number of nitrogens with zero attached hydrogens (tertiary/aromatic N) is 4. The van der Waals surface area contributed by atoms with Gasteiger partial charge in [0.05, 0.1) is 17.4 Å². The van der Waals surface area contributed by atoms with Gasteiger partial charge in [0.25, 0.3) is 5.91 Å². The highest BCUT2D eigenvalue weighted by molar-refractivity contribution is 6.05. The number of oxime groups is 1. The molecule has 0 spiro atoms. The van der Waals surface area contributed by atoms with Crippen LogP contribution in [0.3, 0.4) is 0 Å². The molecule has 7 nitrogen and oxygen atoms in total. The van der Waals surface area contributed by atoms with Crippen molar-refractivity contribution in [3.63, 3.8) is 0 Å². The maximum absolute atomic E-state index is 14.6. The Kier molecular flexibility index (Phi) is 7.05. The van der Waals surface area contributed by atoms with E-state index in [0.29, 0.717) is 34.5 Å². The summed E-state index contributed by atoms with van der Waals surface area (Å²) in [5, 5.41) is 6.95. The molecule has 5 rings (SSSR count). The van der Waals surface area contributed by atoms with Crippen LogP contribution in [0.4, 0.5) is 17.6 Å². The number of hydrogen-bond donors (Lipinski definition) is 1. The number of pyridine rings is 3. The van der Waals surface area contributed by atoms with Gasteiger partial charge in [-0.2, -0.15) is 13.2 Å². The molecule has 4 heterocycles. The Morgan fingerprint density at radius 1 is 1.00 bits per heavy atom. The van der Waals surface area contributed by atoms with Crippen LogP contribution in [0, 0.1) is 5.82 Å². The summed E-state index contributed by atoms with van der Waals surface area (Å²) in [6.45, 7) is 1.62. The van der Waals surface area contributed by atoms with Crippen LogP contribution in [0.15, 0.2) is 84.4 Å². The summed E-state index contributed by atoms with van der Waals surface area (Å²) in [7, 11) is 0. The maximum atomic E-state index is 14.6. The molecule has 11 heteroatoms. The van der Waals surface area contributed by atoms with Crippen LogP contribution in [0.5, 0.6) is 0 Å². The van der Waals surface area contributed by atoms with Crippen molar-refractivity contribution < 1.29 is 27.2 Å². The number of rotatable bonds is 6. The third-order valence-electron chi connectivity index (χ3n) is 6.17. The zero-order valence-electron chi connectivity index (χ0n) is 20.5. The predicted octanol–water partition coefficient (Wildman–Crippen LogP) is 6.05. The standard InChI is InChI=1S/C28H21F4N5O2/c1-16(17-7-8-25(35-15-17)28(30,31)32)36-27(38)20-12-18(11-19(13-20)26-21(29)5-4-10-34-26)23-14-24(39-37-23)22-6-2-3-9-33-22/h2-13,15-16,24H,14H2,1H3,(H,36,38)/t16-,24?/m1/s1. The van der Waals surface area contributed by atoms with E-state index in [-0.39, 0.29) is 11.3 Å². The molecule has 198 valence electrons. The van der Waals surface area contributed by atoms with Gasteiger partial charge in [0.15, 0.2) is 6.10 Å². The van der Waals surface area contributed by atoms with E-state index >= 15 is 0 Å². The van der Waals surface area contributed by atoms with E-state index < -0.39 is 35.7 Å². The second kappa shape index (κ2) is 10.6. The van der Waals surface area contributed by atoms with Crippen molar-refractivity contribution >= 4 is 11.6 Å². The number of amides is 1. The van der Waals surface area contributed by atoms with Crippen LogP contribution in [-0.4, -0.2) is 26.6 Å². The third-order valence-corrected chi connectivity index (χ3v) is 6.17. The number of carbonyl (C=O) groups is 1. The monoisotopic (exact) mass is 535 g/mol. The van der Waals surface area contributed by atoms with Crippen LogP contribution in [-0.2, 0) is 11.0 Å². The topological polar surface area (TPSA) is 89.4 Å². The first-order valence-corrected chi connectivity index (χ1v) is 11.9. The third kappa shape index (κ3) is 5.77. The lowest BCUT2D eigenvalue weighted by molar-refractivity contribution is -0.141. The largest absolute Gasteiger partial charge is 0.433 e. The molecule has 1 amide bonds. The molecule has 0 saturated heterocycles. The molecule has 0 bridgehead atoms. The second-order valence-electron chi connectivity index (χ2n) is 8.89. The number of carbonyl (C=O) groups excluding carboxylic acids is 1. The quantitative estimate of drug-likeness (QED) is 0.304. The fraction of sp³-hybridized carbons (Fsp3) is 0.179. The summed E-state index contributed by atoms with van der Waals surface area (Å²) in [4.78, 5) is 30.7. The van der Waals surface area contributed by atoms with Gasteiger partial charge in [0, 0.05) is 41.7 Å². The predicted molar refractivity (Wildman–Crippen MR) is 134 cm³/mol. The van der Waals surface area contributed by atoms with Gasteiger partial charge < -0.3 is 10.2 Å². The van der Waals surface area contributed by atoms with E-state index in [0.717, 1.165) is 12.3 Å². The number of hydrogen-bond acceptors (Lipinski definition) is 6.